The van der Waals surface area contributed by atoms with E-state index in [2.05, 4.69) is 19.6 Å². The van der Waals surface area contributed by atoms with Crippen LogP contribution in [0.5, 0.6) is 0 Å². The van der Waals surface area contributed by atoms with E-state index in [-0.39, 0.29) is 0 Å². The molecule has 0 aromatic carbocycles. The van der Waals surface area contributed by atoms with Gasteiger partial charge in [0.15, 0.2) is 0 Å². The van der Waals surface area contributed by atoms with Crippen molar-refractivity contribution in [3.63, 3.8) is 0 Å². The molecule has 0 N–H and O–H groups in total. The van der Waals surface area contributed by atoms with Gasteiger partial charge in [0.2, 0.25) is 0 Å². The number of allylic oxidation sites excluding steroid dienone is 3. The normalized spacial score (nSPS) is 51.0. The van der Waals surface area contributed by atoms with E-state index in [4.69, 9.17) is 0 Å². The van der Waals surface area contributed by atoms with Gasteiger partial charge in [0.25, 0.3) is 0 Å². The van der Waals surface area contributed by atoms with Gasteiger partial charge in [-0.15, -0.1) is 0 Å². The molecule has 0 aromatic heterocycles. The molecule has 0 nitrogen and oxygen atoms in total. The van der Waals surface area contributed by atoms with Gasteiger partial charge in [-0.3, -0.25) is 0 Å². The summed E-state index contributed by atoms with van der Waals surface area (Å²) in [6.45, 7) is 6.85. The minimum Gasteiger partial charge on any atom is -0.247 e. The number of hydrogen-bond donors (Lipinski definition) is 0. The zero-order chi connectivity index (χ0) is 13.9. The molecule has 4 aliphatic carbocycles. The van der Waals surface area contributed by atoms with Gasteiger partial charge in [0, 0.05) is 0 Å². The van der Waals surface area contributed by atoms with Gasteiger partial charge in [-0.25, -0.2) is 4.39 Å². The Morgan fingerprint density at radius 1 is 1.20 bits per heavy atom. The van der Waals surface area contributed by atoms with Crippen LogP contribution in [0.1, 0.15) is 58.3 Å². The van der Waals surface area contributed by atoms with Gasteiger partial charge in [0.05, 0.1) is 0 Å². The summed E-state index contributed by atoms with van der Waals surface area (Å²) in [6.07, 6.45) is 11.0. The maximum absolute atomic E-state index is 13.7. The largest absolute Gasteiger partial charge is 0.247 e. The molecule has 0 amide bonds. The molecule has 0 aromatic rings. The Morgan fingerprint density at radius 2 is 2.05 bits per heavy atom. The number of fused-ring (bicyclic) bond motifs is 5. The predicted octanol–water partition coefficient (Wildman–Crippen LogP) is 5.45. The van der Waals surface area contributed by atoms with Crippen LogP contribution in [0.25, 0.3) is 0 Å². The summed E-state index contributed by atoms with van der Waals surface area (Å²) in [5, 5.41) is 0. The average Bonchev–Trinajstić information content (AvgIpc) is 2.74. The third-order valence-corrected chi connectivity index (χ3v) is 7.34. The van der Waals surface area contributed by atoms with E-state index in [0.29, 0.717) is 5.41 Å². The molecule has 4 aliphatic rings. The van der Waals surface area contributed by atoms with Gasteiger partial charge in [0.1, 0.15) is 6.17 Å². The molecule has 3 saturated carbocycles. The van der Waals surface area contributed by atoms with Crippen molar-refractivity contribution in [3.8, 4) is 0 Å². The lowest BCUT2D eigenvalue weighted by molar-refractivity contribution is 0.0207. The highest BCUT2D eigenvalue weighted by atomic mass is 19.1. The Kier molecular flexibility index (Phi) is 2.91. The highest BCUT2D eigenvalue weighted by molar-refractivity contribution is 5.25. The van der Waals surface area contributed by atoms with Crippen molar-refractivity contribution in [2.75, 3.05) is 0 Å². The Balaban J connectivity index is 1.64. The summed E-state index contributed by atoms with van der Waals surface area (Å²) >= 11 is 0. The Labute approximate surface area is 122 Å². The molecule has 0 aliphatic heterocycles. The predicted molar refractivity (Wildman–Crippen MR) is 81.1 cm³/mol. The first-order valence-electron chi connectivity index (χ1n) is 8.61. The molecule has 4 rings (SSSR count). The fraction of sp³-hybridized carbons (Fsp3) is 0.789. The van der Waals surface area contributed by atoms with Crippen molar-refractivity contribution in [2.24, 2.45) is 29.1 Å². The van der Waals surface area contributed by atoms with Crippen molar-refractivity contribution >= 4 is 0 Å². The summed E-state index contributed by atoms with van der Waals surface area (Å²) in [5.41, 5.74) is 3.41. The number of halogens is 1. The minimum atomic E-state index is -0.561. The zero-order valence-electron chi connectivity index (χ0n) is 12.7. The quantitative estimate of drug-likeness (QED) is 0.515. The molecule has 3 fully saturated rings. The topological polar surface area (TPSA) is 0 Å². The summed E-state index contributed by atoms with van der Waals surface area (Å²) in [6, 6.07) is 0. The van der Waals surface area contributed by atoms with Crippen molar-refractivity contribution < 1.29 is 4.39 Å². The first kappa shape index (κ1) is 13.1. The number of alkyl halides is 1. The van der Waals surface area contributed by atoms with Crippen LogP contribution in [0.3, 0.4) is 0 Å². The molecule has 0 spiro atoms. The van der Waals surface area contributed by atoms with E-state index < -0.39 is 6.17 Å². The minimum absolute atomic E-state index is 0.420. The lowest BCUT2D eigenvalue weighted by atomic mass is 9.52. The SMILES string of the molecule is C=C1CCC2C3CC=C4C[C@@H](F)CCC4C3CC[C@]12C. The maximum atomic E-state index is 13.7. The van der Waals surface area contributed by atoms with Crippen molar-refractivity contribution in [1.82, 2.24) is 0 Å². The molecule has 0 radical (unpaired) electrons. The summed E-state index contributed by atoms with van der Waals surface area (Å²) in [7, 11) is 0. The van der Waals surface area contributed by atoms with Crippen LogP contribution >= 0.6 is 0 Å². The van der Waals surface area contributed by atoms with Crippen LogP contribution in [0.15, 0.2) is 23.8 Å². The van der Waals surface area contributed by atoms with Crippen molar-refractivity contribution in [3.05, 3.63) is 23.8 Å². The molecule has 0 saturated heterocycles. The van der Waals surface area contributed by atoms with E-state index in [1.807, 2.05) is 0 Å². The van der Waals surface area contributed by atoms with E-state index >= 15 is 0 Å². The second-order valence-corrected chi connectivity index (χ2v) is 8.03. The van der Waals surface area contributed by atoms with Gasteiger partial charge in [-0.2, -0.15) is 0 Å². The second kappa shape index (κ2) is 4.45. The summed E-state index contributed by atoms with van der Waals surface area (Å²) in [4.78, 5) is 0. The first-order valence-corrected chi connectivity index (χ1v) is 8.61. The lowest BCUT2D eigenvalue weighted by Gasteiger charge is -2.52. The fourth-order valence-electron chi connectivity index (χ4n) is 6.13. The summed E-state index contributed by atoms with van der Waals surface area (Å²) < 4.78 is 13.7. The standard InChI is InChI=1S/C19H27F/c1-12-3-8-18-17-6-4-13-11-14(20)5-7-15(13)16(17)9-10-19(12,18)2/h4,14-18H,1,3,5-11H2,2H3/t14-,15?,16?,17?,18?,19+/m0/s1. The van der Waals surface area contributed by atoms with Gasteiger partial charge in [-0.1, -0.05) is 30.7 Å². The van der Waals surface area contributed by atoms with Crippen LogP contribution in [-0.4, -0.2) is 6.17 Å². The number of rotatable bonds is 0. The van der Waals surface area contributed by atoms with Crippen molar-refractivity contribution in [1.29, 1.82) is 0 Å². The average molecular weight is 274 g/mol. The van der Waals surface area contributed by atoms with Crippen LogP contribution in [0.4, 0.5) is 4.39 Å². The Morgan fingerprint density at radius 3 is 2.90 bits per heavy atom. The smallest absolute Gasteiger partial charge is 0.104 e. The van der Waals surface area contributed by atoms with Crippen LogP contribution in [0, 0.1) is 29.1 Å². The van der Waals surface area contributed by atoms with Gasteiger partial charge >= 0.3 is 0 Å². The maximum Gasteiger partial charge on any atom is 0.104 e. The molecular formula is C19H27F. The highest BCUT2D eigenvalue weighted by Crippen LogP contribution is 2.62. The van der Waals surface area contributed by atoms with E-state index in [1.54, 1.807) is 0 Å². The molecule has 110 valence electrons. The molecule has 0 heterocycles. The molecule has 4 unspecified atom stereocenters. The van der Waals surface area contributed by atoms with Crippen LogP contribution in [0.2, 0.25) is 0 Å². The Bertz CT molecular complexity index is 462. The van der Waals surface area contributed by atoms with Crippen LogP contribution < -0.4 is 0 Å². The Hall–Kier alpha value is -0.590. The van der Waals surface area contributed by atoms with Gasteiger partial charge in [-0.05, 0) is 80.5 Å². The van der Waals surface area contributed by atoms with E-state index in [0.717, 1.165) is 42.9 Å². The zero-order valence-corrected chi connectivity index (χ0v) is 12.7. The van der Waals surface area contributed by atoms with Crippen LogP contribution in [-0.2, 0) is 0 Å². The van der Waals surface area contributed by atoms with E-state index in [1.165, 1.54) is 43.3 Å². The second-order valence-electron chi connectivity index (χ2n) is 8.03. The summed E-state index contributed by atoms with van der Waals surface area (Å²) in [5.74, 6) is 3.29. The third-order valence-electron chi connectivity index (χ3n) is 7.34. The lowest BCUT2D eigenvalue weighted by Crippen LogP contribution is -2.44. The number of hydrogen-bond acceptors (Lipinski definition) is 0. The molecule has 1 heteroatoms. The molecule has 20 heavy (non-hydrogen) atoms. The monoisotopic (exact) mass is 274 g/mol. The molecule has 0 bridgehead atoms. The van der Waals surface area contributed by atoms with E-state index in [9.17, 15) is 4.39 Å². The van der Waals surface area contributed by atoms with Gasteiger partial charge < -0.3 is 0 Å². The third kappa shape index (κ3) is 1.71. The highest BCUT2D eigenvalue weighted by Gasteiger charge is 2.53. The first-order chi connectivity index (χ1) is 9.59. The molecule has 6 atom stereocenters. The fourth-order valence-corrected chi connectivity index (χ4v) is 6.13. The molecular weight excluding hydrogens is 247 g/mol. The van der Waals surface area contributed by atoms with Crippen molar-refractivity contribution in [2.45, 2.75) is 64.5 Å².